The molecule has 0 N–H and O–H groups in total. The molecule has 4 nitrogen and oxygen atoms in total. The van der Waals surface area contributed by atoms with Gasteiger partial charge in [-0.1, -0.05) is 31.5 Å². The Bertz CT molecular complexity index is 602. The van der Waals surface area contributed by atoms with Crippen molar-refractivity contribution in [1.29, 1.82) is 0 Å². The summed E-state index contributed by atoms with van der Waals surface area (Å²) in [7, 11) is -3.53. The molecule has 0 aliphatic carbocycles. The summed E-state index contributed by atoms with van der Waals surface area (Å²) >= 11 is 0. The lowest BCUT2D eigenvalue weighted by Gasteiger charge is -2.40. The molecule has 0 spiro atoms. The smallest absolute Gasteiger partial charge is 0.205 e. The molecule has 1 heterocycles. The molecular weight excluding hydrogens is 300 g/mol. The van der Waals surface area contributed by atoms with Crippen LogP contribution in [0.15, 0.2) is 29.2 Å². The largest absolute Gasteiger partial charge is 0.347 e. The third-order valence-electron chi connectivity index (χ3n) is 3.65. The molecule has 1 aliphatic rings. The molecule has 1 saturated heterocycles. The van der Waals surface area contributed by atoms with Gasteiger partial charge in [0.05, 0.1) is 11.0 Å². The Hall–Kier alpha value is -0.910. The molecule has 1 aliphatic heterocycles. The average Bonchev–Trinajstić information content (AvgIpc) is 2.36. The predicted octanol–water partition coefficient (Wildman–Crippen LogP) is 3.64. The van der Waals surface area contributed by atoms with Crippen molar-refractivity contribution in [3.05, 3.63) is 35.7 Å². The van der Waals surface area contributed by atoms with Crippen LogP contribution < -0.4 is 0 Å². The molecule has 1 radical (unpaired) electrons. The van der Waals surface area contributed by atoms with E-state index in [1.54, 1.807) is 38.1 Å². The van der Waals surface area contributed by atoms with Crippen LogP contribution in [0.3, 0.4) is 0 Å². The molecule has 0 bridgehead atoms. The second-order valence-electron chi connectivity index (χ2n) is 6.69. The number of aryl methyl sites for hydroxylation is 1. The summed E-state index contributed by atoms with van der Waals surface area (Å²) in [6.45, 7) is 9.51. The fourth-order valence-electron chi connectivity index (χ4n) is 2.71. The van der Waals surface area contributed by atoms with Gasteiger partial charge in [-0.3, -0.25) is 0 Å². The van der Waals surface area contributed by atoms with Gasteiger partial charge in [0.15, 0.2) is 11.2 Å². The lowest BCUT2D eigenvalue weighted by Crippen LogP contribution is -2.47. The van der Waals surface area contributed by atoms with Gasteiger partial charge in [-0.2, -0.15) is 0 Å². The second-order valence-corrected chi connectivity index (χ2v) is 8.78. The Morgan fingerprint density at radius 3 is 2.32 bits per heavy atom. The van der Waals surface area contributed by atoms with E-state index < -0.39 is 21.1 Å². The molecule has 1 aromatic carbocycles. The standard InChI is InChI=1S/C17H25O4S/c1-12(2)10-14-11-16(21-17(4,5)20-14)22(18,19)15-8-6-13(3)7-9-15/h6-9,14,16H,10-11H2,1-5H3/t14-,16?/m1/s1. The third-order valence-corrected chi connectivity index (χ3v) is 5.56. The molecule has 123 valence electrons. The van der Waals surface area contributed by atoms with Gasteiger partial charge >= 0.3 is 0 Å². The van der Waals surface area contributed by atoms with Crippen LogP contribution >= 0.6 is 0 Å². The summed E-state index contributed by atoms with van der Waals surface area (Å²) in [5, 5.41) is 0. The zero-order valence-corrected chi connectivity index (χ0v) is 14.7. The van der Waals surface area contributed by atoms with Crippen molar-refractivity contribution in [3.8, 4) is 0 Å². The van der Waals surface area contributed by atoms with Gasteiger partial charge in [0.2, 0.25) is 9.84 Å². The van der Waals surface area contributed by atoms with Gasteiger partial charge in [-0.05, 0) is 45.2 Å². The molecule has 1 aromatic rings. The van der Waals surface area contributed by atoms with Crippen LogP contribution in [0.1, 0.15) is 46.1 Å². The topological polar surface area (TPSA) is 52.6 Å². The zero-order valence-electron chi connectivity index (χ0n) is 13.9. The van der Waals surface area contributed by atoms with E-state index in [1.165, 1.54) is 5.92 Å². The lowest BCUT2D eigenvalue weighted by atomic mass is 10.0. The maximum Gasteiger partial charge on any atom is 0.205 e. The number of rotatable bonds is 4. The van der Waals surface area contributed by atoms with E-state index in [-0.39, 0.29) is 6.10 Å². The maximum atomic E-state index is 12.8. The van der Waals surface area contributed by atoms with E-state index in [2.05, 4.69) is 0 Å². The van der Waals surface area contributed by atoms with Crippen LogP contribution in [0.25, 0.3) is 0 Å². The Labute approximate surface area is 133 Å². The normalized spacial score (nSPS) is 25.4. The Kier molecular flexibility index (Phi) is 5.00. The van der Waals surface area contributed by atoms with Crippen molar-refractivity contribution in [2.45, 2.75) is 69.7 Å². The van der Waals surface area contributed by atoms with Crippen LogP contribution in [-0.2, 0) is 19.3 Å². The first-order valence-corrected chi connectivity index (χ1v) is 9.10. The van der Waals surface area contributed by atoms with Gasteiger partial charge in [0.25, 0.3) is 0 Å². The van der Waals surface area contributed by atoms with Crippen molar-refractivity contribution in [1.82, 2.24) is 0 Å². The van der Waals surface area contributed by atoms with Crippen molar-refractivity contribution in [2.24, 2.45) is 0 Å². The molecule has 0 saturated carbocycles. The van der Waals surface area contributed by atoms with Crippen molar-refractivity contribution < 1.29 is 17.9 Å². The molecule has 22 heavy (non-hydrogen) atoms. The van der Waals surface area contributed by atoms with Crippen LogP contribution in [0.5, 0.6) is 0 Å². The van der Waals surface area contributed by atoms with Gasteiger partial charge in [-0.15, -0.1) is 0 Å². The van der Waals surface area contributed by atoms with Crippen LogP contribution in [0.4, 0.5) is 0 Å². The highest BCUT2D eigenvalue weighted by Gasteiger charge is 2.42. The lowest BCUT2D eigenvalue weighted by molar-refractivity contribution is -0.283. The van der Waals surface area contributed by atoms with Gasteiger partial charge in [0.1, 0.15) is 0 Å². The highest BCUT2D eigenvalue weighted by molar-refractivity contribution is 7.91. The Balaban J connectivity index is 2.27. The van der Waals surface area contributed by atoms with Crippen molar-refractivity contribution >= 4 is 9.84 Å². The van der Waals surface area contributed by atoms with Crippen molar-refractivity contribution in [2.75, 3.05) is 0 Å². The second kappa shape index (κ2) is 6.30. The number of benzene rings is 1. The predicted molar refractivity (Wildman–Crippen MR) is 86.0 cm³/mol. The number of sulfone groups is 1. The van der Waals surface area contributed by atoms with Crippen molar-refractivity contribution in [3.63, 3.8) is 0 Å². The number of hydrogen-bond donors (Lipinski definition) is 0. The minimum absolute atomic E-state index is 0.140. The van der Waals surface area contributed by atoms with Gasteiger partial charge < -0.3 is 9.47 Å². The number of hydrogen-bond acceptors (Lipinski definition) is 4. The summed E-state index contributed by atoms with van der Waals surface area (Å²) in [6, 6.07) is 6.89. The quantitative estimate of drug-likeness (QED) is 0.848. The summed E-state index contributed by atoms with van der Waals surface area (Å²) in [5.74, 6) is 0.315. The number of ether oxygens (including phenoxy) is 2. The minimum Gasteiger partial charge on any atom is -0.347 e. The van der Waals surface area contributed by atoms with E-state index in [0.29, 0.717) is 11.3 Å². The van der Waals surface area contributed by atoms with E-state index in [9.17, 15) is 8.42 Å². The summed E-state index contributed by atoms with van der Waals surface area (Å²) in [6.07, 6.45) is 0.955. The molecule has 1 fully saturated rings. The fourth-order valence-corrected chi connectivity index (χ4v) is 4.35. The summed E-state index contributed by atoms with van der Waals surface area (Å²) in [4.78, 5) is 0.303. The highest BCUT2D eigenvalue weighted by atomic mass is 32.2. The minimum atomic E-state index is -3.53. The highest BCUT2D eigenvalue weighted by Crippen LogP contribution is 2.34. The summed E-state index contributed by atoms with van der Waals surface area (Å²) in [5.41, 5.74) is 0.157. The van der Waals surface area contributed by atoms with Gasteiger partial charge in [0, 0.05) is 6.42 Å². The van der Waals surface area contributed by atoms with E-state index in [0.717, 1.165) is 12.0 Å². The molecule has 2 atom stereocenters. The first kappa shape index (κ1) is 17.4. The van der Waals surface area contributed by atoms with Gasteiger partial charge in [-0.25, -0.2) is 8.42 Å². The molecule has 2 rings (SSSR count). The monoisotopic (exact) mass is 325 g/mol. The zero-order chi connectivity index (χ0) is 16.5. The Morgan fingerprint density at radius 2 is 1.77 bits per heavy atom. The molecule has 1 unspecified atom stereocenters. The molecule has 5 heteroatoms. The van der Waals surface area contributed by atoms with E-state index >= 15 is 0 Å². The molecular formula is C17H25O4S. The SMILES string of the molecule is C[C](C)C[C@@H]1CC(S(=O)(=O)c2ccc(C)cc2)OC(C)(C)O1. The van der Waals surface area contributed by atoms with Crippen LogP contribution in [0, 0.1) is 12.8 Å². The van der Waals surface area contributed by atoms with E-state index in [1.807, 2.05) is 20.8 Å². The third kappa shape index (κ3) is 4.09. The van der Waals surface area contributed by atoms with E-state index in [4.69, 9.17) is 9.47 Å². The first-order chi connectivity index (χ1) is 10.1. The Morgan fingerprint density at radius 1 is 1.18 bits per heavy atom. The average molecular weight is 325 g/mol. The van der Waals surface area contributed by atoms with Crippen LogP contribution in [-0.4, -0.2) is 25.7 Å². The van der Waals surface area contributed by atoms with Crippen LogP contribution in [0.2, 0.25) is 0 Å². The molecule has 0 amide bonds. The fraction of sp³-hybridized carbons (Fsp3) is 0.588. The summed E-state index contributed by atoms with van der Waals surface area (Å²) < 4.78 is 37.2. The maximum absolute atomic E-state index is 12.8. The first-order valence-electron chi connectivity index (χ1n) is 7.55. The molecule has 0 aromatic heterocycles.